The summed E-state index contributed by atoms with van der Waals surface area (Å²) in [5.74, 6) is 0.930. The van der Waals surface area contributed by atoms with Crippen LogP contribution in [0.1, 0.15) is 21.9 Å². The van der Waals surface area contributed by atoms with Gasteiger partial charge >= 0.3 is 0 Å². The van der Waals surface area contributed by atoms with E-state index in [1.165, 1.54) is 0 Å². The Morgan fingerprint density at radius 3 is 2.50 bits per heavy atom. The summed E-state index contributed by atoms with van der Waals surface area (Å²) in [6.45, 7) is 3.90. The SMILES string of the molecule is Cc1ccc(C(=O)N2CCN(C(=O)C=Cc3csc(Br)c3)CC2)o1. The highest BCUT2D eigenvalue weighted by atomic mass is 79.9. The zero-order chi connectivity index (χ0) is 17.1. The van der Waals surface area contributed by atoms with Crippen molar-refractivity contribution in [3.8, 4) is 0 Å². The van der Waals surface area contributed by atoms with E-state index >= 15 is 0 Å². The van der Waals surface area contributed by atoms with E-state index in [1.54, 1.807) is 39.3 Å². The van der Waals surface area contributed by atoms with E-state index in [9.17, 15) is 9.59 Å². The highest BCUT2D eigenvalue weighted by molar-refractivity contribution is 9.11. The van der Waals surface area contributed by atoms with Gasteiger partial charge in [0.2, 0.25) is 5.91 Å². The summed E-state index contributed by atoms with van der Waals surface area (Å²) < 4.78 is 6.41. The van der Waals surface area contributed by atoms with E-state index < -0.39 is 0 Å². The lowest BCUT2D eigenvalue weighted by Gasteiger charge is -2.33. The van der Waals surface area contributed by atoms with Crippen molar-refractivity contribution in [2.24, 2.45) is 0 Å². The van der Waals surface area contributed by atoms with E-state index in [2.05, 4.69) is 15.9 Å². The smallest absolute Gasteiger partial charge is 0.289 e. The number of carbonyl (C=O) groups excluding carboxylic acids is 2. The molecule has 0 spiro atoms. The second-order valence-electron chi connectivity index (χ2n) is 5.55. The van der Waals surface area contributed by atoms with Gasteiger partial charge in [-0.15, -0.1) is 11.3 Å². The first kappa shape index (κ1) is 17.0. The zero-order valence-corrected chi connectivity index (χ0v) is 15.6. The van der Waals surface area contributed by atoms with E-state index in [1.807, 2.05) is 24.4 Å². The second kappa shape index (κ2) is 7.36. The van der Waals surface area contributed by atoms with Crippen molar-refractivity contribution in [3.63, 3.8) is 0 Å². The van der Waals surface area contributed by atoms with Gasteiger partial charge in [0.15, 0.2) is 5.76 Å². The number of hydrogen-bond acceptors (Lipinski definition) is 4. The molecule has 0 aromatic carbocycles. The average molecular weight is 409 g/mol. The summed E-state index contributed by atoms with van der Waals surface area (Å²) in [6, 6.07) is 5.44. The van der Waals surface area contributed by atoms with Crippen molar-refractivity contribution in [1.29, 1.82) is 0 Å². The summed E-state index contributed by atoms with van der Waals surface area (Å²) in [6.07, 6.45) is 3.40. The van der Waals surface area contributed by atoms with Gasteiger partial charge in [0.05, 0.1) is 3.79 Å². The lowest BCUT2D eigenvalue weighted by Crippen LogP contribution is -2.50. The van der Waals surface area contributed by atoms with Crippen LogP contribution in [0.3, 0.4) is 0 Å². The maximum atomic E-state index is 12.3. The largest absolute Gasteiger partial charge is 0.456 e. The number of rotatable bonds is 3. The number of halogens is 1. The number of hydrogen-bond donors (Lipinski definition) is 0. The minimum absolute atomic E-state index is 0.0294. The predicted octanol–water partition coefficient (Wildman–Crippen LogP) is 3.41. The van der Waals surface area contributed by atoms with Crippen LogP contribution in [0.25, 0.3) is 6.08 Å². The number of nitrogens with zero attached hydrogens (tertiary/aromatic N) is 2. The number of thiophene rings is 1. The first-order chi connectivity index (χ1) is 11.5. The second-order valence-corrected chi connectivity index (χ2v) is 7.84. The first-order valence-electron chi connectivity index (χ1n) is 7.59. The molecule has 2 aromatic rings. The Morgan fingerprint density at radius 1 is 1.21 bits per heavy atom. The molecule has 0 atom stereocenters. The summed E-state index contributed by atoms with van der Waals surface area (Å²) >= 11 is 4.98. The number of piperazine rings is 1. The molecule has 7 heteroatoms. The molecule has 1 aliphatic heterocycles. The van der Waals surface area contributed by atoms with E-state index in [4.69, 9.17) is 4.42 Å². The Kier molecular flexibility index (Phi) is 5.20. The normalized spacial score (nSPS) is 15.2. The van der Waals surface area contributed by atoms with E-state index in [0.717, 1.165) is 15.1 Å². The van der Waals surface area contributed by atoms with Crippen LogP contribution in [-0.4, -0.2) is 47.8 Å². The number of amides is 2. The van der Waals surface area contributed by atoms with Crippen LogP contribution in [0, 0.1) is 6.92 Å². The molecule has 1 fully saturated rings. The lowest BCUT2D eigenvalue weighted by molar-refractivity contribution is -0.127. The number of carbonyl (C=O) groups is 2. The van der Waals surface area contributed by atoms with Crippen molar-refractivity contribution in [2.75, 3.05) is 26.2 Å². The van der Waals surface area contributed by atoms with Gasteiger partial charge in [0.25, 0.3) is 5.91 Å². The average Bonchev–Trinajstić information content (AvgIpc) is 3.20. The highest BCUT2D eigenvalue weighted by Gasteiger charge is 2.25. The molecule has 0 N–H and O–H groups in total. The topological polar surface area (TPSA) is 53.8 Å². The van der Waals surface area contributed by atoms with Crippen LogP contribution in [0.15, 0.2) is 37.9 Å². The van der Waals surface area contributed by atoms with Gasteiger partial charge in [-0.25, -0.2) is 0 Å². The Hall–Kier alpha value is -1.86. The van der Waals surface area contributed by atoms with Crippen LogP contribution >= 0.6 is 27.3 Å². The van der Waals surface area contributed by atoms with E-state index in [-0.39, 0.29) is 11.8 Å². The van der Waals surface area contributed by atoms with Crippen LogP contribution in [-0.2, 0) is 4.79 Å². The van der Waals surface area contributed by atoms with Crippen LogP contribution in [0.4, 0.5) is 0 Å². The molecule has 3 heterocycles. The van der Waals surface area contributed by atoms with Gasteiger partial charge in [-0.3, -0.25) is 9.59 Å². The fourth-order valence-electron chi connectivity index (χ4n) is 2.52. The molecule has 2 amide bonds. The van der Waals surface area contributed by atoms with Crippen molar-refractivity contribution in [3.05, 3.63) is 50.5 Å². The van der Waals surface area contributed by atoms with Gasteiger partial charge in [0.1, 0.15) is 5.76 Å². The van der Waals surface area contributed by atoms with Crippen molar-refractivity contribution >= 4 is 45.2 Å². The Morgan fingerprint density at radius 2 is 1.92 bits per heavy atom. The maximum absolute atomic E-state index is 12.3. The number of aryl methyl sites for hydroxylation is 1. The molecular formula is C17H17BrN2O3S. The first-order valence-corrected chi connectivity index (χ1v) is 9.27. The molecule has 126 valence electrons. The molecule has 5 nitrogen and oxygen atoms in total. The van der Waals surface area contributed by atoms with Crippen LogP contribution in [0.2, 0.25) is 0 Å². The molecule has 0 aliphatic carbocycles. The molecule has 0 saturated carbocycles. The van der Waals surface area contributed by atoms with E-state index in [0.29, 0.717) is 31.9 Å². The molecular weight excluding hydrogens is 392 g/mol. The van der Waals surface area contributed by atoms with Crippen molar-refractivity contribution in [1.82, 2.24) is 9.80 Å². The van der Waals surface area contributed by atoms with Crippen LogP contribution < -0.4 is 0 Å². The third-order valence-electron chi connectivity index (χ3n) is 3.84. The molecule has 24 heavy (non-hydrogen) atoms. The summed E-state index contributed by atoms with van der Waals surface area (Å²) in [4.78, 5) is 28.0. The molecule has 1 aliphatic rings. The Labute approximate surface area is 152 Å². The molecule has 1 saturated heterocycles. The lowest BCUT2D eigenvalue weighted by atomic mass is 10.2. The van der Waals surface area contributed by atoms with Crippen LogP contribution in [0.5, 0.6) is 0 Å². The van der Waals surface area contributed by atoms with Gasteiger partial charge in [-0.1, -0.05) is 0 Å². The predicted molar refractivity (Wildman–Crippen MR) is 97.0 cm³/mol. The summed E-state index contributed by atoms with van der Waals surface area (Å²) in [7, 11) is 0. The molecule has 2 aromatic heterocycles. The zero-order valence-electron chi connectivity index (χ0n) is 13.2. The standard InChI is InChI=1S/C17H17BrN2O3S/c1-12-2-4-14(23-12)17(22)20-8-6-19(7-9-20)16(21)5-3-13-10-15(18)24-11-13/h2-5,10-11H,6-9H2,1H3. The Bertz CT molecular complexity index is 772. The number of furan rings is 1. The van der Waals surface area contributed by atoms with Crippen molar-refractivity contribution < 1.29 is 14.0 Å². The van der Waals surface area contributed by atoms with Gasteiger partial charge in [-0.05, 0) is 58.1 Å². The quantitative estimate of drug-likeness (QED) is 0.731. The minimum Gasteiger partial charge on any atom is -0.456 e. The van der Waals surface area contributed by atoms with Gasteiger partial charge in [-0.2, -0.15) is 0 Å². The van der Waals surface area contributed by atoms with Gasteiger partial charge < -0.3 is 14.2 Å². The third kappa shape index (κ3) is 3.96. The Balaban J connectivity index is 1.53. The molecule has 0 radical (unpaired) electrons. The van der Waals surface area contributed by atoms with Gasteiger partial charge in [0, 0.05) is 32.3 Å². The fourth-order valence-corrected chi connectivity index (χ4v) is 3.66. The highest BCUT2D eigenvalue weighted by Crippen LogP contribution is 2.21. The minimum atomic E-state index is -0.117. The maximum Gasteiger partial charge on any atom is 0.289 e. The molecule has 3 rings (SSSR count). The molecule has 0 bridgehead atoms. The summed E-state index contributed by atoms with van der Waals surface area (Å²) in [5, 5.41) is 1.98. The molecule has 0 unspecified atom stereocenters. The monoisotopic (exact) mass is 408 g/mol. The van der Waals surface area contributed by atoms with Crippen molar-refractivity contribution in [2.45, 2.75) is 6.92 Å². The fraction of sp³-hybridized carbons (Fsp3) is 0.294. The third-order valence-corrected chi connectivity index (χ3v) is 5.36. The summed E-state index contributed by atoms with van der Waals surface area (Å²) in [5.41, 5.74) is 1.00.